The lowest BCUT2D eigenvalue weighted by Gasteiger charge is -2.26. The van der Waals surface area contributed by atoms with Crippen LogP contribution in [0.1, 0.15) is 49.1 Å². The minimum atomic E-state index is -0.882. The number of benzene rings is 3. The number of carbonyl (C=O) groups is 3. The van der Waals surface area contributed by atoms with Crippen LogP contribution < -0.4 is 9.64 Å². The van der Waals surface area contributed by atoms with Gasteiger partial charge in [0.1, 0.15) is 11.5 Å². The minimum Gasteiger partial charge on any atom is -0.507 e. The molecule has 1 atom stereocenters. The van der Waals surface area contributed by atoms with Gasteiger partial charge >= 0.3 is 5.97 Å². The van der Waals surface area contributed by atoms with Crippen LogP contribution in [0.3, 0.4) is 0 Å². The third kappa shape index (κ3) is 5.99. The largest absolute Gasteiger partial charge is 0.507 e. The maximum absolute atomic E-state index is 13.4. The van der Waals surface area contributed by atoms with Gasteiger partial charge in [0.15, 0.2) is 0 Å². The Hall–Kier alpha value is -4.10. The average molecular weight is 548 g/mol. The number of ether oxygens (including phenoxy) is 2. The van der Waals surface area contributed by atoms with E-state index in [1.807, 2.05) is 38.1 Å². The summed E-state index contributed by atoms with van der Waals surface area (Å²) < 4.78 is 10.8. The quantitative estimate of drug-likeness (QED) is 0.157. The summed E-state index contributed by atoms with van der Waals surface area (Å²) in [7, 11) is 0. The van der Waals surface area contributed by atoms with Crippen molar-refractivity contribution in [1.29, 1.82) is 0 Å². The summed E-state index contributed by atoms with van der Waals surface area (Å²) in [5.74, 6) is -1.90. The zero-order valence-electron chi connectivity index (χ0n) is 22.2. The van der Waals surface area contributed by atoms with Crippen LogP contribution in [0, 0.1) is 6.92 Å². The van der Waals surface area contributed by atoms with Crippen molar-refractivity contribution in [3.8, 4) is 5.75 Å². The van der Waals surface area contributed by atoms with Gasteiger partial charge in [0.05, 0.1) is 35.8 Å². The van der Waals surface area contributed by atoms with E-state index in [9.17, 15) is 19.5 Å². The molecule has 0 bridgehead atoms. The molecule has 0 aromatic heterocycles. The smallest absolute Gasteiger partial charge is 0.310 e. The predicted molar refractivity (Wildman–Crippen MR) is 150 cm³/mol. The Bertz CT molecular complexity index is 1440. The number of carbonyl (C=O) groups excluding carboxylic acids is 3. The first kappa shape index (κ1) is 27.9. The number of hydrogen-bond acceptors (Lipinski definition) is 6. The summed E-state index contributed by atoms with van der Waals surface area (Å²) in [4.78, 5) is 40.3. The van der Waals surface area contributed by atoms with Gasteiger partial charge < -0.3 is 14.6 Å². The Labute approximate surface area is 232 Å². The summed E-state index contributed by atoms with van der Waals surface area (Å²) in [5.41, 5.74) is 3.02. The van der Waals surface area contributed by atoms with Gasteiger partial charge in [-0.1, -0.05) is 53.6 Å². The van der Waals surface area contributed by atoms with Gasteiger partial charge in [-0.25, -0.2) is 0 Å². The number of amides is 1. The molecule has 3 aromatic carbocycles. The summed E-state index contributed by atoms with van der Waals surface area (Å²) in [6, 6.07) is 18.1. The standard InChI is InChI=1S/C31H30ClNO6/c1-5-38-25-17-22(11-14-24(25)32)29(35)27-28(21-8-6-7-19(4)15-21)33(31(37)30(27)36)23-12-9-20(10-13-23)16-26(34)39-18(2)3/h6-15,17-18,28,35H,5,16H2,1-4H3/b29-27-. The van der Waals surface area contributed by atoms with E-state index in [1.165, 1.54) is 4.90 Å². The number of aliphatic hydroxyl groups excluding tert-OH is 1. The molecule has 4 rings (SSSR count). The normalized spacial score (nSPS) is 16.6. The Morgan fingerprint density at radius 2 is 1.77 bits per heavy atom. The molecule has 0 saturated carbocycles. The monoisotopic (exact) mass is 547 g/mol. The van der Waals surface area contributed by atoms with Crippen LogP contribution in [0.2, 0.25) is 5.02 Å². The van der Waals surface area contributed by atoms with Crippen LogP contribution >= 0.6 is 11.6 Å². The summed E-state index contributed by atoms with van der Waals surface area (Å²) >= 11 is 6.22. The number of halogens is 1. The Kier molecular flexibility index (Phi) is 8.41. The third-order valence-electron chi connectivity index (χ3n) is 6.24. The molecule has 0 spiro atoms. The second-order valence-corrected chi connectivity index (χ2v) is 9.95. The Morgan fingerprint density at radius 3 is 2.41 bits per heavy atom. The van der Waals surface area contributed by atoms with E-state index in [1.54, 1.807) is 56.3 Å². The van der Waals surface area contributed by atoms with Crippen LogP contribution in [0.5, 0.6) is 5.75 Å². The highest BCUT2D eigenvalue weighted by molar-refractivity contribution is 6.51. The van der Waals surface area contributed by atoms with Crippen molar-refractivity contribution in [2.75, 3.05) is 11.5 Å². The van der Waals surface area contributed by atoms with Crippen molar-refractivity contribution < 1.29 is 29.0 Å². The Balaban J connectivity index is 1.80. The van der Waals surface area contributed by atoms with E-state index in [-0.39, 0.29) is 29.8 Å². The van der Waals surface area contributed by atoms with Crippen LogP contribution in [0.4, 0.5) is 5.69 Å². The molecule has 1 N–H and O–H groups in total. The maximum atomic E-state index is 13.4. The van der Waals surface area contributed by atoms with Crippen LogP contribution in [-0.2, 0) is 25.5 Å². The maximum Gasteiger partial charge on any atom is 0.310 e. The van der Waals surface area contributed by atoms with Gasteiger partial charge in [0.25, 0.3) is 11.7 Å². The molecule has 1 saturated heterocycles. The number of rotatable bonds is 8. The molecular formula is C31H30ClNO6. The number of nitrogens with zero attached hydrogens (tertiary/aromatic N) is 1. The van der Waals surface area contributed by atoms with E-state index < -0.39 is 17.7 Å². The summed E-state index contributed by atoms with van der Waals surface area (Å²) in [5, 5.41) is 11.8. The molecule has 1 aliphatic heterocycles. The van der Waals surface area contributed by atoms with Gasteiger partial charge in [0, 0.05) is 11.3 Å². The van der Waals surface area contributed by atoms with Gasteiger partial charge in [-0.05, 0) is 69.2 Å². The molecule has 202 valence electrons. The highest BCUT2D eigenvalue weighted by Crippen LogP contribution is 2.43. The number of Topliss-reactive ketones (excluding diaryl/α,β-unsaturated/α-hetero) is 1. The van der Waals surface area contributed by atoms with E-state index in [0.717, 1.165) is 5.56 Å². The van der Waals surface area contributed by atoms with E-state index in [4.69, 9.17) is 21.1 Å². The Morgan fingerprint density at radius 1 is 1.05 bits per heavy atom. The van der Waals surface area contributed by atoms with Gasteiger partial charge in [-0.15, -0.1) is 0 Å². The number of anilines is 1. The zero-order chi connectivity index (χ0) is 28.3. The van der Waals surface area contributed by atoms with Crippen molar-refractivity contribution >= 4 is 40.7 Å². The van der Waals surface area contributed by atoms with Crippen LogP contribution in [0.15, 0.2) is 72.3 Å². The number of aryl methyl sites for hydroxylation is 1. The van der Waals surface area contributed by atoms with Crippen LogP contribution in [0.25, 0.3) is 5.76 Å². The highest BCUT2D eigenvalue weighted by Gasteiger charge is 2.47. The molecule has 0 radical (unpaired) electrons. The zero-order valence-corrected chi connectivity index (χ0v) is 23.0. The highest BCUT2D eigenvalue weighted by atomic mass is 35.5. The SMILES string of the molecule is CCOc1cc(/C(O)=C2/C(=O)C(=O)N(c3ccc(CC(=O)OC(C)C)cc3)C2c2cccc(C)c2)ccc1Cl. The molecule has 7 nitrogen and oxygen atoms in total. The lowest BCUT2D eigenvalue weighted by molar-refractivity contribution is -0.146. The molecule has 1 fully saturated rings. The molecule has 3 aromatic rings. The first-order valence-electron chi connectivity index (χ1n) is 12.7. The van der Waals surface area contributed by atoms with Gasteiger partial charge in [-0.2, -0.15) is 0 Å². The third-order valence-corrected chi connectivity index (χ3v) is 6.55. The van der Waals surface area contributed by atoms with E-state index in [0.29, 0.717) is 39.8 Å². The lowest BCUT2D eigenvalue weighted by Crippen LogP contribution is -2.29. The fraction of sp³-hybridized carbons (Fsp3) is 0.258. The number of hydrogen-bond donors (Lipinski definition) is 1. The summed E-state index contributed by atoms with van der Waals surface area (Å²) in [6.07, 6.45) is -0.139. The van der Waals surface area contributed by atoms with Crippen molar-refractivity contribution in [1.82, 2.24) is 0 Å². The van der Waals surface area contributed by atoms with Crippen molar-refractivity contribution in [2.45, 2.75) is 46.3 Å². The minimum absolute atomic E-state index is 0.0417. The van der Waals surface area contributed by atoms with E-state index in [2.05, 4.69) is 0 Å². The predicted octanol–water partition coefficient (Wildman–Crippen LogP) is 6.17. The number of esters is 1. The first-order valence-corrected chi connectivity index (χ1v) is 13.1. The molecule has 1 unspecified atom stereocenters. The average Bonchev–Trinajstić information content (AvgIpc) is 3.15. The fourth-order valence-corrected chi connectivity index (χ4v) is 4.74. The van der Waals surface area contributed by atoms with Crippen molar-refractivity contribution in [3.05, 3.63) is 99.6 Å². The van der Waals surface area contributed by atoms with Crippen molar-refractivity contribution in [3.63, 3.8) is 0 Å². The molecule has 1 heterocycles. The number of aliphatic hydroxyl groups is 1. The van der Waals surface area contributed by atoms with E-state index >= 15 is 0 Å². The summed E-state index contributed by atoms with van der Waals surface area (Å²) in [6.45, 7) is 7.65. The van der Waals surface area contributed by atoms with Crippen molar-refractivity contribution in [2.24, 2.45) is 0 Å². The second kappa shape index (κ2) is 11.7. The lowest BCUT2D eigenvalue weighted by atomic mass is 9.94. The number of ketones is 1. The molecule has 0 aliphatic carbocycles. The second-order valence-electron chi connectivity index (χ2n) is 9.54. The van der Waals surface area contributed by atoms with Gasteiger partial charge in [0.2, 0.25) is 0 Å². The molecule has 39 heavy (non-hydrogen) atoms. The molecule has 8 heteroatoms. The fourth-order valence-electron chi connectivity index (χ4n) is 4.57. The molecular weight excluding hydrogens is 518 g/mol. The van der Waals surface area contributed by atoms with Crippen LogP contribution in [-0.4, -0.2) is 35.5 Å². The molecule has 1 amide bonds. The topological polar surface area (TPSA) is 93.1 Å². The molecule has 1 aliphatic rings. The van der Waals surface area contributed by atoms with Gasteiger partial charge in [-0.3, -0.25) is 19.3 Å². The first-order chi connectivity index (χ1) is 18.6.